The Labute approximate surface area is 94.5 Å². The first kappa shape index (κ1) is 14.9. The molecule has 1 N–H and O–H groups in total. The van der Waals surface area contributed by atoms with Crippen LogP contribution in [-0.2, 0) is 9.47 Å². The van der Waals surface area contributed by atoms with Crippen molar-refractivity contribution in [3.63, 3.8) is 0 Å². The lowest BCUT2D eigenvalue weighted by molar-refractivity contribution is 0.0425. The van der Waals surface area contributed by atoms with E-state index in [9.17, 15) is 0 Å². The molecule has 0 saturated heterocycles. The summed E-state index contributed by atoms with van der Waals surface area (Å²) in [6, 6.07) is 0.458. The molecule has 0 aromatic carbocycles. The summed E-state index contributed by atoms with van der Waals surface area (Å²) < 4.78 is 10.7. The summed E-state index contributed by atoms with van der Waals surface area (Å²) in [6.07, 6.45) is 3.67. The van der Waals surface area contributed by atoms with Crippen LogP contribution in [0, 0.1) is 0 Å². The minimum absolute atomic E-state index is 0.290. The van der Waals surface area contributed by atoms with E-state index in [2.05, 4.69) is 19.2 Å². The Morgan fingerprint density at radius 1 is 1.27 bits per heavy atom. The van der Waals surface area contributed by atoms with E-state index in [4.69, 9.17) is 9.47 Å². The van der Waals surface area contributed by atoms with E-state index in [1.807, 2.05) is 6.92 Å². The fraction of sp³-hybridized carbons (Fsp3) is 1.00. The highest BCUT2D eigenvalue weighted by molar-refractivity contribution is 4.73. The maximum absolute atomic E-state index is 5.63. The van der Waals surface area contributed by atoms with Gasteiger partial charge in [0.2, 0.25) is 0 Å². The van der Waals surface area contributed by atoms with Crippen LogP contribution in [0.2, 0.25) is 0 Å². The highest BCUT2D eigenvalue weighted by atomic mass is 16.5. The maximum atomic E-state index is 5.63. The molecule has 0 bridgehead atoms. The second-order valence-electron chi connectivity index (χ2n) is 3.86. The lowest BCUT2D eigenvalue weighted by Gasteiger charge is -2.25. The van der Waals surface area contributed by atoms with Gasteiger partial charge in [-0.2, -0.15) is 0 Å². The average molecular weight is 217 g/mol. The SMILES string of the molecule is CCCNC(CCCOC)C(C)OCC. The van der Waals surface area contributed by atoms with Gasteiger partial charge in [0.1, 0.15) is 0 Å². The summed E-state index contributed by atoms with van der Waals surface area (Å²) in [4.78, 5) is 0. The van der Waals surface area contributed by atoms with Gasteiger partial charge in [0, 0.05) is 26.4 Å². The van der Waals surface area contributed by atoms with Crippen molar-refractivity contribution in [3.8, 4) is 0 Å². The highest BCUT2D eigenvalue weighted by Crippen LogP contribution is 2.06. The van der Waals surface area contributed by atoms with Crippen LogP contribution in [0.1, 0.15) is 40.0 Å². The Balaban J connectivity index is 3.81. The van der Waals surface area contributed by atoms with E-state index < -0.39 is 0 Å². The van der Waals surface area contributed by atoms with Gasteiger partial charge in [0.05, 0.1) is 6.10 Å². The van der Waals surface area contributed by atoms with Crippen molar-refractivity contribution >= 4 is 0 Å². The van der Waals surface area contributed by atoms with E-state index >= 15 is 0 Å². The summed E-state index contributed by atoms with van der Waals surface area (Å²) in [7, 11) is 1.75. The van der Waals surface area contributed by atoms with Crippen LogP contribution >= 0.6 is 0 Å². The zero-order valence-electron chi connectivity index (χ0n) is 10.7. The third-order valence-electron chi connectivity index (χ3n) is 2.52. The molecular formula is C12H27NO2. The van der Waals surface area contributed by atoms with Crippen molar-refractivity contribution in [1.82, 2.24) is 5.32 Å². The zero-order valence-corrected chi connectivity index (χ0v) is 10.7. The molecule has 0 amide bonds. The van der Waals surface area contributed by atoms with Crippen molar-refractivity contribution in [3.05, 3.63) is 0 Å². The van der Waals surface area contributed by atoms with Crippen LogP contribution in [0.3, 0.4) is 0 Å². The number of hydrogen-bond acceptors (Lipinski definition) is 3. The van der Waals surface area contributed by atoms with Crippen LogP contribution in [0.4, 0.5) is 0 Å². The van der Waals surface area contributed by atoms with Crippen LogP contribution < -0.4 is 5.32 Å². The summed E-state index contributed by atoms with van der Waals surface area (Å²) in [5.74, 6) is 0. The third-order valence-corrected chi connectivity index (χ3v) is 2.52. The standard InChI is InChI=1S/C12H27NO2/c1-5-9-13-12(8-7-10-14-4)11(3)15-6-2/h11-13H,5-10H2,1-4H3. The number of rotatable bonds is 10. The third kappa shape index (κ3) is 7.77. The van der Waals surface area contributed by atoms with Gasteiger partial charge >= 0.3 is 0 Å². The largest absolute Gasteiger partial charge is 0.385 e. The molecule has 0 spiro atoms. The Bertz CT molecular complexity index is 131. The lowest BCUT2D eigenvalue weighted by atomic mass is 10.1. The number of hydrogen-bond donors (Lipinski definition) is 1. The molecule has 2 unspecified atom stereocenters. The van der Waals surface area contributed by atoms with Gasteiger partial charge in [0.25, 0.3) is 0 Å². The van der Waals surface area contributed by atoms with Gasteiger partial charge in [-0.15, -0.1) is 0 Å². The molecule has 0 aliphatic rings. The van der Waals surface area contributed by atoms with Crippen molar-refractivity contribution in [1.29, 1.82) is 0 Å². The quantitative estimate of drug-likeness (QED) is 0.569. The van der Waals surface area contributed by atoms with Gasteiger partial charge in [0.15, 0.2) is 0 Å². The van der Waals surface area contributed by atoms with E-state index in [0.717, 1.165) is 32.6 Å². The maximum Gasteiger partial charge on any atom is 0.0699 e. The fourth-order valence-electron chi connectivity index (χ4n) is 1.66. The molecule has 0 fully saturated rings. The molecule has 0 aliphatic heterocycles. The normalized spacial score (nSPS) is 15.2. The van der Waals surface area contributed by atoms with E-state index in [1.165, 1.54) is 6.42 Å². The van der Waals surface area contributed by atoms with Crippen LogP contribution in [0.15, 0.2) is 0 Å². The van der Waals surface area contributed by atoms with Gasteiger partial charge in [-0.05, 0) is 39.7 Å². The molecule has 0 aromatic rings. The predicted molar refractivity (Wildman–Crippen MR) is 64.3 cm³/mol. The molecule has 3 heteroatoms. The Kier molecular flexibility index (Phi) is 10.3. The Morgan fingerprint density at radius 2 is 2.00 bits per heavy atom. The van der Waals surface area contributed by atoms with Crippen molar-refractivity contribution in [2.75, 3.05) is 26.9 Å². The van der Waals surface area contributed by atoms with Gasteiger partial charge in [-0.3, -0.25) is 0 Å². The first-order valence-electron chi connectivity index (χ1n) is 6.10. The monoisotopic (exact) mass is 217 g/mol. The molecule has 0 saturated carbocycles. The first-order valence-corrected chi connectivity index (χ1v) is 6.10. The average Bonchev–Trinajstić information content (AvgIpc) is 2.23. The molecule has 3 nitrogen and oxygen atoms in total. The van der Waals surface area contributed by atoms with Crippen molar-refractivity contribution < 1.29 is 9.47 Å². The molecule has 15 heavy (non-hydrogen) atoms. The Hall–Kier alpha value is -0.120. The number of ether oxygens (including phenoxy) is 2. The molecule has 0 aliphatic carbocycles. The van der Waals surface area contributed by atoms with Crippen LogP contribution in [0.25, 0.3) is 0 Å². The van der Waals surface area contributed by atoms with Gasteiger partial charge in [-0.1, -0.05) is 6.92 Å². The number of methoxy groups -OCH3 is 1. The second kappa shape index (κ2) is 10.4. The predicted octanol–water partition coefficient (Wildman–Crippen LogP) is 2.21. The van der Waals surface area contributed by atoms with E-state index in [1.54, 1.807) is 7.11 Å². The highest BCUT2D eigenvalue weighted by Gasteiger charge is 2.15. The number of nitrogens with one attached hydrogen (secondary N) is 1. The molecule has 0 rings (SSSR count). The minimum atomic E-state index is 0.290. The van der Waals surface area contributed by atoms with Crippen LogP contribution in [-0.4, -0.2) is 39.0 Å². The van der Waals surface area contributed by atoms with Gasteiger partial charge in [-0.25, -0.2) is 0 Å². The fourth-order valence-corrected chi connectivity index (χ4v) is 1.66. The molecule has 92 valence electrons. The summed E-state index contributed by atoms with van der Waals surface area (Å²) in [5, 5.41) is 3.53. The molecule has 0 radical (unpaired) electrons. The molecular weight excluding hydrogens is 190 g/mol. The van der Waals surface area contributed by atoms with Crippen LogP contribution in [0.5, 0.6) is 0 Å². The zero-order chi connectivity index (χ0) is 11.5. The summed E-state index contributed by atoms with van der Waals surface area (Å²) >= 11 is 0. The van der Waals surface area contributed by atoms with Crippen molar-refractivity contribution in [2.24, 2.45) is 0 Å². The summed E-state index contributed by atoms with van der Waals surface area (Å²) in [5.41, 5.74) is 0. The molecule has 0 aromatic heterocycles. The minimum Gasteiger partial charge on any atom is -0.385 e. The Morgan fingerprint density at radius 3 is 2.53 bits per heavy atom. The molecule has 0 heterocycles. The van der Waals surface area contributed by atoms with E-state index in [-0.39, 0.29) is 0 Å². The summed E-state index contributed by atoms with van der Waals surface area (Å²) in [6.45, 7) is 9.06. The topological polar surface area (TPSA) is 30.5 Å². The smallest absolute Gasteiger partial charge is 0.0699 e. The van der Waals surface area contributed by atoms with E-state index in [0.29, 0.717) is 12.1 Å². The van der Waals surface area contributed by atoms with Crippen molar-refractivity contribution in [2.45, 2.75) is 52.2 Å². The lowest BCUT2D eigenvalue weighted by Crippen LogP contribution is -2.40. The molecule has 2 atom stereocenters. The first-order chi connectivity index (χ1) is 7.26. The second-order valence-corrected chi connectivity index (χ2v) is 3.86. The van der Waals surface area contributed by atoms with Gasteiger partial charge < -0.3 is 14.8 Å².